The van der Waals surface area contributed by atoms with E-state index in [-0.39, 0.29) is 10.9 Å². The molecule has 0 aliphatic carbocycles. The van der Waals surface area contributed by atoms with E-state index in [1.165, 1.54) is 6.92 Å². The van der Waals surface area contributed by atoms with Crippen molar-refractivity contribution in [2.24, 2.45) is 5.92 Å². The summed E-state index contributed by atoms with van der Waals surface area (Å²) in [5.41, 5.74) is 0.866. The van der Waals surface area contributed by atoms with E-state index in [0.29, 0.717) is 31.1 Å². The van der Waals surface area contributed by atoms with E-state index in [0.717, 1.165) is 17.3 Å². The summed E-state index contributed by atoms with van der Waals surface area (Å²) in [6.07, 6.45) is 0.367. The summed E-state index contributed by atoms with van der Waals surface area (Å²) in [6.45, 7) is 2.46. The Balaban J connectivity index is 2.06. The van der Waals surface area contributed by atoms with Gasteiger partial charge in [0, 0.05) is 12.7 Å². The van der Waals surface area contributed by atoms with Crippen molar-refractivity contribution in [3.63, 3.8) is 0 Å². The van der Waals surface area contributed by atoms with Gasteiger partial charge in [-0.1, -0.05) is 17.8 Å². The molecule has 20 heavy (non-hydrogen) atoms. The third-order valence-corrected chi connectivity index (χ3v) is 3.90. The van der Waals surface area contributed by atoms with Crippen molar-refractivity contribution in [2.75, 3.05) is 19.0 Å². The average molecular weight is 296 g/mol. The lowest BCUT2D eigenvalue weighted by Gasteiger charge is -2.19. The largest absolute Gasteiger partial charge is 0.486 e. The molecule has 1 aliphatic heterocycles. The Hall–Kier alpha value is -1.69. The molecule has 1 aromatic carbocycles. The standard InChI is InChI=1S/C14H16O5S/c1-9(15)20-8-11(14(16)17)6-10-2-3-12-13(7-10)19-5-4-18-12/h2-3,7,11H,4-6,8H2,1H3,(H,16,17). The minimum Gasteiger partial charge on any atom is -0.486 e. The van der Waals surface area contributed by atoms with E-state index in [9.17, 15) is 14.7 Å². The molecule has 1 N–H and O–H groups in total. The Morgan fingerprint density at radius 2 is 2.00 bits per heavy atom. The van der Waals surface area contributed by atoms with Crippen LogP contribution in [-0.2, 0) is 16.0 Å². The first kappa shape index (κ1) is 14.7. The van der Waals surface area contributed by atoms with Gasteiger partial charge in [-0.05, 0) is 24.1 Å². The summed E-state index contributed by atoms with van der Waals surface area (Å²) in [6, 6.07) is 5.44. The monoisotopic (exact) mass is 296 g/mol. The number of carbonyl (C=O) groups is 2. The molecule has 0 saturated heterocycles. The molecule has 108 valence electrons. The van der Waals surface area contributed by atoms with Crippen LogP contribution < -0.4 is 9.47 Å². The predicted octanol–water partition coefficient (Wildman–Crippen LogP) is 1.98. The minimum atomic E-state index is -0.895. The summed E-state index contributed by atoms with van der Waals surface area (Å²) in [5, 5.41) is 9.13. The topological polar surface area (TPSA) is 72.8 Å². The van der Waals surface area contributed by atoms with Gasteiger partial charge in [0.05, 0.1) is 5.92 Å². The Kier molecular flexibility index (Phi) is 4.89. The fraction of sp³-hybridized carbons (Fsp3) is 0.429. The highest BCUT2D eigenvalue weighted by Crippen LogP contribution is 2.31. The zero-order chi connectivity index (χ0) is 14.5. The van der Waals surface area contributed by atoms with Crippen LogP contribution in [-0.4, -0.2) is 35.2 Å². The summed E-state index contributed by atoms with van der Waals surface area (Å²) in [5.74, 6) is 0.126. The van der Waals surface area contributed by atoms with E-state index in [4.69, 9.17) is 9.47 Å². The number of ether oxygens (including phenoxy) is 2. The molecule has 1 atom stereocenters. The van der Waals surface area contributed by atoms with Gasteiger partial charge in [-0.2, -0.15) is 0 Å². The summed E-state index contributed by atoms with van der Waals surface area (Å²) in [7, 11) is 0. The zero-order valence-electron chi connectivity index (χ0n) is 11.1. The molecule has 6 heteroatoms. The Labute approximate surface area is 121 Å². The third kappa shape index (κ3) is 3.90. The maximum atomic E-state index is 11.2. The van der Waals surface area contributed by atoms with Crippen molar-refractivity contribution in [2.45, 2.75) is 13.3 Å². The van der Waals surface area contributed by atoms with Gasteiger partial charge in [0.25, 0.3) is 0 Å². The first-order valence-electron chi connectivity index (χ1n) is 6.31. The Morgan fingerprint density at radius 3 is 2.65 bits per heavy atom. The number of carboxylic acid groups (broad SMARTS) is 1. The molecule has 0 amide bonds. The molecule has 2 rings (SSSR count). The molecule has 5 nitrogen and oxygen atoms in total. The lowest BCUT2D eigenvalue weighted by Crippen LogP contribution is -2.20. The Morgan fingerprint density at radius 1 is 1.30 bits per heavy atom. The van der Waals surface area contributed by atoms with Crippen LogP contribution in [0.3, 0.4) is 0 Å². The van der Waals surface area contributed by atoms with E-state index >= 15 is 0 Å². The second kappa shape index (κ2) is 6.65. The summed E-state index contributed by atoms with van der Waals surface area (Å²) >= 11 is 1.04. The fourth-order valence-electron chi connectivity index (χ4n) is 1.93. The van der Waals surface area contributed by atoms with Gasteiger partial charge >= 0.3 is 5.97 Å². The van der Waals surface area contributed by atoms with Gasteiger partial charge in [-0.15, -0.1) is 0 Å². The minimum absolute atomic E-state index is 0.0709. The number of fused-ring (bicyclic) bond motifs is 1. The quantitative estimate of drug-likeness (QED) is 0.895. The normalized spacial score (nSPS) is 14.7. The molecular formula is C14H16O5S. The molecule has 0 radical (unpaired) electrons. The maximum absolute atomic E-state index is 11.2. The molecule has 0 fully saturated rings. The number of benzene rings is 1. The lowest BCUT2D eigenvalue weighted by atomic mass is 10.0. The van der Waals surface area contributed by atoms with Gasteiger partial charge in [0.1, 0.15) is 13.2 Å². The van der Waals surface area contributed by atoms with Gasteiger partial charge < -0.3 is 14.6 Å². The van der Waals surface area contributed by atoms with Crippen LogP contribution in [0.1, 0.15) is 12.5 Å². The Bertz CT molecular complexity index is 514. The highest BCUT2D eigenvalue weighted by Gasteiger charge is 2.20. The highest BCUT2D eigenvalue weighted by molar-refractivity contribution is 8.13. The van der Waals surface area contributed by atoms with Gasteiger partial charge in [-0.25, -0.2) is 0 Å². The van der Waals surface area contributed by atoms with Crippen LogP contribution in [0.25, 0.3) is 0 Å². The van der Waals surface area contributed by atoms with Crippen LogP contribution in [0, 0.1) is 5.92 Å². The second-order valence-corrected chi connectivity index (χ2v) is 5.72. The predicted molar refractivity (Wildman–Crippen MR) is 75.4 cm³/mol. The van der Waals surface area contributed by atoms with Crippen LogP contribution in [0.4, 0.5) is 0 Å². The van der Waals surface area contributed by atoms with Crippen LogP contribution in [0.2, 0.25) is 0 Å². The van der Waals surface area contributed by atoms with Gasteiger partial charge in [0.15, 0.2) is 16.6 Å². The summed E-state index contributed by atoms with van der Waals surface area (Å²) < 4.78 is 10.9. The molecule has 1 unspecified atom stereocenters. The van der Waals surface area contributed by atoms with Gasteiger partial charge in [0.2, 0.25) is 0 Å². The molecular weight excluding hydrogens is 280 g/mol. The highest BCUT2D eigenvalue weighted by atomic mass is 32.2. The van der Waals surface area contributed by atoms with Crippen molar-refractivity contribution in [1.82, 2.24) is 0 Å². The van der Waals surface area contributed by atoms with E-state index in [1.807, 2.05) is 12.1 Å². The second-order valence-electron chi connectivity index (χ2n) is 4.52. The van der Waals surface area contributed by atoms with E-state index < -0.39 is 11.9 Å². The number of carboxylic acids is 1. The fourth-order valence-corrected chi connectivity index (χ4v) is 2.63. The van der Waals surface area contributed by atoms with Crippen LogP contribution in [0.5, 0.6) is 11.5 Å². The first-order valence-corrected chi connectivity index (χ1v) is 7.29. The molecule has 1 aliphatic rings. The first-order chi connectivity index (χ1) is 9.56. The number of aliphatic carboxylic acids is 1. The number of hydrogen-bond acceptors (Lipinski definition) is 5. The number of carbonyl (C=O) groups excluding carboxylic acids is 1. The van der Waals surface area contributed by atoms with Crippen molar-refractivity contribution in [3.05, 3.63) is 23.8 Å². The van der Waals surface area contributed by atoms with Gasteiger partial charge in [-0.3, -0.25) is 9.59 Å². The lowest BCUT2D eigenvalue weighted by molar-refractivity contribution is -0.140. The molecule has 1 heterocycles. The molecule has 0 spiro atoms. The molecule has 0 bridgehead atoms. The summed E-state index contributed by atoms with van der Waals surface area (Å²) in [4.78, 5) is 22.2. The zero-order valence-corrected chi connectivity index (χ0v) is 11.9. The van der Waals surface area contributed by atoms with E-state index in [1.54, 1.807) is 6.07 Å². The molecule has 0 aromatic heterocycles. The third-order valence-electron chi connectivity index (χ3n) is 2.93. The van der Waals surface area contributed by atoms with Crippen molar-refractivity contribution in [1.29, 1.82) is 0 Å². The van der Waals surface area contributed by atoms with Crippen molar-refractivity contribution in [3.8, 4) is 11.5 Å². The molecule has 1 aromatic rings. The number of rotatable bonds is 5. The SMILES string of the molecule is CC(=O)SCC(Cc1ccc2c(c1)OCCO2)C(=O)O. The molecule has 0 saturated carbocycles. The average Bonchev–Trinajstić information content (AvgIpc) is 2.42. The smallest absolute Gasteiger partial charge is 0.307 e. The van der Waals surface area contributed by atoms with Crippen LogP contribution in [0.15, 0.2) is 18.2 Å². The maximum Gasteiger partial charge on any atom is 0.307 e. The number of hydrogen-bond donors (Lipinski definition) is 1. The van der Waals surface area contributed by atoms with Crippen molar-refractivity contribution >= 4 is 22.8 Å². The van der Waals surface area contributed by atoms with E-state index in [2.05, 4.69) is 0 Å². The number of thioether (sulfide) groups is 1. The van der Waals surface area contributed by atoms with Crippen molar-refractivity contribution < 1.29 is 24.2 Å². The van der Waals surface area contributed by atoms with Crippen LogP contribution >= 0.6 is 11.8 Å².